The van der Waals surface area contributed by atoms with Crippen molar-refractivity contribution in [2.24, 2.45) is 11.7 Å². The number of benzene rings is 1. The van der Waals surface area contributed by atoms with E-state index in [1.807, 2.05) is 0 Å². The standard InChI is InChI=1S/C12H14F3NO2S/c1-2-17-9-5-3-4-6-10(9)18-7-8(11(16)19)12(13,14)15/h3-6,8H,2,7H2,1H3,(H2,16,19). The van der Waals surface area contributed by atoms with Crippen LogP contribution in [0.25, 0.3) is 0 Å². The van der Waals surface area contributed by atoms with Crippen LogP contribution in [0.15, 0.2) is 24.3 Å². The summed E-state index contributed by atoms with van der Waals surface area (Å²) in [5.41, 5.74) is 5.08. The third kappa shape index (κ3) is 4.59. The van der Waals surface area contributed by atoms with Crippen LogP contribution in [0.4, 0.5) is 13.2 Å². The smallest absolute Gasteiger partial charge is 0.401 e. The Bertz CT molecular complexity index is 437. The predicted octanol–water partition coefficient (Wildman–Crippen LogP) is 2.93. The number of hydrogen-bond acceptors (Lipinski definition) is 3. The molecule has 7 heteroatoms. The molecular weight excluding hydrogens is 279 g/mol. The van der Waals surface area contributed by atoms with Crippen molar-refractivity contribution >= 4 is 17.2 Å². The molecule has 3 nitrogen and oxygen atoms in total. The molecule has 0 bridgehead atoms. The molecule has 0 fully saturated rings. The molecule has 0 aliphatic carbocycles. The van der Waals surface area contributed by atoms with E-state index in [1.54, 1.807) is 25.1 Å². The maximum absolute atomic E-state index is 12.6. The van der Waals surface area contributed by atoms with E-state index in [2.05, 4.69) is 12.2 Å². The summed E-state index contributed by atoms with van der Waals surface area (Å²) >= 11 is 4.41. The van der Waals surface area contributed by atoms with Gasteiger partial charge in [0.2, 0.25) is 0 Å². The van der Waals surface area contributed by atoms with E-state index in [0.29, 0.717) is 12.4 Å². The van der Waals surface area contributed by atoms with Crippen LogP contribution in [-0.2, 0) is 0 Å². The normalized spacial score (nSPS) is 12.8. The molecule has 1 atom stereocenters. The van der Waals surface area contributed by atoms with Gasteiger partial charge in [-0.2, -0.15) is 13.2 Å². The van der Waals surface area contributed by atoms with Crippen molar-refractivity contribution in [2.45, 2.75) is 13.1 Å². The molecule has 0 saturated heterocycles. The van der Waals surface area contributed by atoms with Gasteiger partial charge in [0.05, 0.1) is 11.6 Å². The fourth-order valence-corrected chi connectivity index (χ4v) is 1.56. The zero-order valence-corrected chi connectivity index (χ0v) is 11.1. The lowest BCUT2D eigenvalue weighted by atomic mass is 10.1. The summed E-state index contributed by atoms with van der Waals surface area (Å²) in [5.74, 6) is -1.36. The molecule has 0 radical (unpaired) electrons. The maximum Gasteiger partial charge on any atom is 0.401 e. The van der Waals surface area contributed by atoms with Gasteiger partial charge in [0.25, 0.3) is 0 Å². The molecule has 0 saturated carbocycles. The quantitative estimate of drug-likeness (QED) is 0.819. The monoisotopic (exact) mass is 293 g/mol. The summed E-state index contributed by atoms with van der Waals surface area (Å²) in [6.45, 7) is 1.49. The van der Waals surface area contributed by atoms with E-state index in [9.17, 15) is 13.2 Å². The van der Waals surface area contributed by atoms with E-state index < -0.39 is 23.7 Å². The fraction of sp³-hybridized carbons (Fsp3) is 0.417. The molecule has 0 amide bonds. The first kappa shape index (κ1) is 15.6. The highest BCUT2D eigenvalue weighted by molar-refractivity contribution is 7.80. The van der Waals surface area contributed by atoms with Crippen molar-refractivity contribution in [3.63, 3.8) is 0 Å². The van der Waals surface area contributed by atoms with Crippen LogP contribution in [0.1, 0.15) is 6.92 Å². The average Bonchev–Trinajstić information content (AvgIpc) is 2.29. The number of halogens is 3. The Kier molecular flexibility index (Phi) is 5.41. The van der Waals surface area contributed by atoms with Crippen molar-refractivity contribution in [3.8, 4) is 11.5 Å². The fourth-order valence-electron chi connectivity index (χ4n) is 1.36. The second-order valence-electron chi connectivity index (χ2n) is 3.69. The number of ether oxygens (including phenoxy) is 2. The molecule has 106 valence electrons. The van der Waals surface area contributed by atoms with Crippen molar-refractivity contribution in [1.82, 2.24) is 0 Å². The molecule has 0 heterocycles. The van der Waals surface area contributed by atoms with Gasteiger partial charge in [0, 0.05) is 0 Å². The van der Waals surface area contributed by atoms with E-state index >= 15 is 0 Å². The third-order valence-corrected chi connectivity index (χ3v) is 2.58. The first-order chi connectivity index (χ1) is 8.86. The van der Waals surface area contributed by atoms with Gasteiger partial charge in [-0.25, -0.2) is 0 Å². The minimum Gasteiger partial charge on any atom is -0.490 e. The summed E-state index contributed by atoms with van der Waals surface area (Å²) in [4.78, 5) is -0.638. The van der Waals surface area contributed by atoms with Crippen LogP contribution in [0.5, 0.6) is 11.5 Å². The molecule has 0 aromatic heterocycles. The highest BCUT2D eigenvalue weighted by Gasteiger charge is 2.42. The van der Waals surface area contributed by atoms with Gasteiger partial charge >= 0.3 is 6.18 Å². The zero-order valence-electron chi connectivity index (χ0n) is 10.2. The lowest BCUT2D eigenvalue weighted by Crippen LogP contribution is -2.38. The Morgan fingerprint density at radius 1 is 1.26 bits per heavy atom. The lowest BCUT2D eigenvalue weighted by molar-refractivity contribution is -0.161. The van der Waals surface area contributed by atoms with Gasteiger partial charge < -0.3 is 15.2 Å². The summed E-state index contributed by atoms with van der Waals surface area (Å²) in [7, 11) is 0. The van der Waals surface area contributed by atoms with Crippen LogP contribution in [0.3, 0.4) is 0 Å². The number of alkyl halides is 3. The second kappa shape index (κ2) is 6.60. The summed E-state index contributed by atoms with van der Waals surface area (Å²) < 4.78 is 48.3. The van der Waals surface area contributed by atoms with E-state index in [1.165, 1.54) is 6.07 Å². The zero-order chi connectivity index (χ0) is 14.5. The molecule has 0 aliphatic heterocycles. The van der Waals surface area contributed by atoms with E-state index in [-0.39, 0.29) is 5.75 Å². The predicted molar refractivity (Wildman–Crippen MR) is 69.4 cm³/mol. The number of rotatable bonds is 6. The molecule has 19 heavy (non-hydrogen) atoms. The Hall–Kier alpha value is -1.50. The second-order valence-corrected chi connectivity index (χ2v) is 4.16. The molecular formula is C12H14F3NO2S. The van der Waals surface area contributed by atoms with Gasteiger partial charge in [-0.1, -0.05) is 24.4 Å². The number of thiocarbonyl (C=S) groups is 1. The SMILES string of the molecule is CCOc1ccccc1OCC(C(N)=S)C(F)(F)F. The van der Waals surface area contributed by atoms with Gasteiger partial charge in [0.15, 0.2) is 11.5 Å². The Labute approximate surface area is 114 Å². The molecule has 1 unspecified atom stereocenters. The Balaban J connectivity index is 2.77. The van der Waals surface area contributed by atoms with Gasteiger partial charge in [-0.05, 0) is 19.1 Å². The van der Waals surface area contributed by atoms with Crippen molar-refractivity contribution < 1.29 is 22.6 Å². The Morgan fingerprint density at radius 3 is 2.21 bits per heavy atom. The highest BCUT2D eigenvalue weighted by Crippen LogP contribution is 2.30. The van der Waals surface area contributed by atoms with Crippen LogP contribution in [0.2, 0.25) is 0 Å². The topological polar surface area (TPSA) is 44.5 Å². The van der Waals surface area contributed by atoms with Crippen molar-refractivity contribution in [2.75, 3.05) is 13.2 Å². The van der Waals surface area contributed by atoms with Crippen LogP contribution >= 0.6 is 12.2 Å². The van der Waals surface area contributed by atoms with Crippen molar-refractivity contribution in [1.29, 1.82) is 0 Å². The summed E-state index contributed by atoms with van der Waals surface area (Å²) in [6, 6.07) is 6.48. The summed E-state index contributed by atoms with van der Waals surface area (Å²) in [6.07, 6.45) is -4.52. The molecule has 1 aromatic carbocycles. The van der Waals surface area contributed by atoms with Gasteiger partial charge in [0.1, 0.15) is 12.5 Å². The molecule has 0 aliphatic rings. The van der Waals surface area contributed by atoms with Crippen LogP contribution in [-0.4, -0.2) is 24.4 Å². The Morgan fingerprint density at radius 2 is 1.79 bits per heavy atom. The van der Waals surface area contributed by atoms with Gasteiger partial charge in [-0.15, -0.1) is 0 Å². The minimum atomic E-state index is -4.52. The highest BCUT2D eigenvalue weighted by atomic mass is 32.1. The van der Waals surface area contributed by atoms with Gasteiger partial charge in [-0.3, -0.25) is 0 Å². The first-order valence-corrected chi connectivity index (χ1v) is 5.97. The minimum absolute atomic E-state index is 0.231. The van der Waals surface area contributed by atoms with E-state index in [4.69, 9.17) is 15.2 Å². The lowest BCUT2D eigenvalue weighted by Gasteiger charge is -2.20. The van der Waals surface area contributed by atoms with E-state index in [0.717, 1.165) is 0 Å². The number of nitrogens with two attached hydrogens (primary N) is 1. The first-order valence-electron chi connectivity index (χ1n) is 5.57. The molecule has 2 N–H and O–H groups in total. The summed E-state index contributed by atoms with van der Waals surface area (Å²) in [5, 5.41) is 0. The van der Waals surface area contributed by atoms with Crippen molar-refractivity contribution in [3.05, 3.63) is 24.3 Å². The molecule has 0 spiro atoms. The third-order valence-electron chi connectivity index (χ3n) is 2.29. The van der Waals surface area contributed by atoms with Crippen LogP contribution in [0, 0.1) is 5.92 Å². The van der Waals surface area contributed by atoms with Crippen LogP contribution < -0.4 is 15.2 Å². The average molecular weight is 293 g/mol. The largest absolute Gasteiger partial charge is 0.490 e. The maximum atomic E-state index is 12.6. The number of hydrogen-bond donors (Lipinski definition) is 1. The number of para-hydroxylation sites is 2. The molecule has 1 rings (SSSR count). The molecule has 1 aromatic rings.